The van der Waals surface area contributed by atoms with Gasteiger partial charge in [-0.2, -0.15) is 4.98 Å². The van der Waals surface area contributed by atoms with Crippen molar-refractivity contribution in [2.75, 3.05) is 6.54 Å². The van der Waals surface area contributed by atoms with Gasteiger partial charge in [-0.05, 0) is 30.7 Å². The number of ether oxygens (including phenoxy) is 1. The average Bonchev–Trinajstić information content (AvgIpc) is 3.33. The minimum atomic E-state index is -3.57. The molecule has 0 spiro atoms. The van der Waals surface area contributed by atoms with Gasteiger partial charge in [0.25, 0.3) is 15.9 Å². The van der Waals surface area contributed by atoms with Crippen molar-refractivity contribution in [3.63, 3.8) is 0 Å². The number of nitrogens with zero attached hydrogens (tertiary/aromatic N) is 4. The van der Waals surface area contributed by atoms with E-state index in [1.54, 1.807) is 42.7 Å². The Morgan fingerprint density at radius 2 is 2.07 bits per heavy atom. The van der Waals surface area contributed by atoms with E-state index >= 15 is 0 Å². The molecule has 1 aliphatic rings. The van der Waals surface area contributed by atoms with E-state index in [2.05, 4.69) is 24.8 Å². The van der Waals surface area contributed by atoms with Gasteiger partial charge in [-0.1, -0.05) is 17.3 Å². The fraction of sp³-hybridized carbons (Fsp3) is 0.211. The quantitative estimate of drug-likeness (QED) is 0.444. The molecule has 30 heavy (non-hydrogen) atoms. The number of carbonyl (C=O) groups is 1. The Balaban J connectivity index is 1.25. The lowest BCUT2D eigenvalue weighted by Gasteiger charge is -2.01. The molecule has 0 unspecified atom stereocenters. The lowest BCUT2D eigenvalue weighted by atomic mass is 10.2. The second-order valence-electron chi connectivity index (χ2n) is 6.35. The maximum Gasteiger partial charge on any atom is 0.306 e. The highest BCUT2D eigenvalue weighted by Crippen LogP contribution is 2.22. The standard InChI is InChI=1S/C19H17N5O5S/c25-17(28-12-16-22-18(23-29-16)13-5-3-9-20-11-13)8-4-10-21-19-14-6-1-2-7-15(14)30(26,27)24-19/h1-3,5-7,9,11H,4,8,10,12H2,(H,21,24). The van der Waals surface area contributed by atoms with Gasteiger partial charge in [0, 0.05) is 36.5 Å². The van der Waals surface area contributed by atoms with E-state index in [9.17, 15) is 13.2 Å². The Bertz CT molecular complexity index is 1190. The van der Waals surface area contributed by atoms with Crippen LogP contribution in [0.5, 0.6) is 0 Å². The molecule has 0 amide bonds. The van der Waals surface area contributed by atoms with Crippen molar-refractivity contribution < 1.29 is 22.5 Å². The first-order chi connectivity index (χ1) is 14.5. The number of hydrogen-bond donors (Lipinski definition) is 1. The van der Waals surface area contributed by atoms with Gasteiger partial charge in [0.2, 0.25) is 5.82 Å². The molecule has 1 aliphatic heterocycles. The molecule has 154 valence electrons. The number of rotatable bonds is 7. The van der Waals surface area contributed by atoms with Crippen LogP contribution in [0.2, 0.25) is 0 Å². The molecule has 0 bridgehead atoms. The minimum Gasteiger partial charge on any atom is -0.456 e. The van der Waals surface area contributed by atoms with Gasteiger partial charge < -0.3 is 9.26 Å². The third-order valence-electron chi connectivity index (χ3n) is 4.22. The van der Waals surface area contributed by atoms with Gasteiger partial charge >= 0.3 is 5.97 Å². The van der Waals surface area contributed by atoms with Crippen molar-refractivity contribution in [3.05, 3.63) is 60.2 Å². The molecule has 0 atom stereocenters. The summed E-state index contributed by atoms with van der Waals surface area (Å²) in [6.07, 6.45) is 3.76. The topological polar surface area (TPSA) is 137 Å². The lowest BCUT2D eigenvalue weighted by Crippen LogP contribution is -2.22. The van der Waals surface area contributed by atoms with Crippen LogP contribution in [0.15, 0.2) is 63.2 Å². The number of pyridine rings is 1. The van der Waals surface area contributed by atoms with Gasteiger partial charge in [0.15, 0.2) is 6.61 Å². The smallest absolute Gasteiger partial charge is 0.306 e. The number of benzene rings is 1. The van der Waals surface area contributed by atoms with Crippen LogP contribution in [0.1, 0.15) is 24.3 Å². The Morgan fingerprint density at radius 1 is 1.20 bits per heavy atom. The van der Waals surface area contributed by atoms with Crippen LogP contribution in [-0.2, 0) is 26.2 Å². The maximum atomic E-state index is 12.0. The van der Waals surface area contributed by atoms with E-state index in [0.29, 0.717) is 23.4 Å². The summed E-state index contributed by atoms with van der Waals surface area (Å²) < 4.78 is 36.7. The summed E-state index contributed by atoms with van der Waals surface area (Å²) in [6.45, 7) is 0.140. The molecule has 2 aromatic heterocycles. The molecule has 0 radical (unpaired) electrons. The summed E-state index contributed by atoms with van der Waals surface area (Å²) in [5, 5.41) is 3.82. The van der Waals surface area contributed by atoms with Crippen LogP contribution in [0, 0.1) is 0 Å². The summed E-state index contributed by atoms with van der Waals surface area (Å²) in [7, 11) is -3.57. The van der Waals surface area contributed by atoms with Gasteiger partial charge in [-0.3, -0.25) is 19.5 Å². The first kappa shape index (κ1) is 19.7. The number of hydrogen-bond acceptors (Lipinski definition) is 9. The number of sulfonamides is 1. The molecule has 10 nitrogen and oxygen atoms in total. The zero-order valence-electron chi connectivity index (χ0n) is 15.7. The summed E-state index contributed by atoms with van der Waals surface area (Å²) in [4.78, 5) is 24.5. The molecular weight excluding hydrogens is 410 g/mol. The molecule has 0 saturated heterocycles. The number of aliphatic imine (C=N–C) groups is 1. The Labute approximate surface area is 172 Å². The molecule has 0 saturated carbocycles. The van der Waals surface area contributed by atoms with Gasteiger partial charge in [-0.15, -0.1) is 0 Å². The number of amidine groups is 1. The maximum absolute atomic E-state index is 12.0. The molecule has 1 N–H and O–H groups in total. The predicted octanol–water partition coefficient (Wildman–Crippen LogP) is 1.69. The SMILES string of the molecule is O=C(CCCN=C1NS(=O)(=O)c2ccccc21)OCc1nc(-c2cccnc2)no1. The lowest BCUT2D eigenvalue weighted by molar-refractivity contribution is -0.145. The van der Waals surface area contributed by atoms with Gasteiger partial charge in [-0.25, -0.2) is 8.42 Å². The zero-order chi connectivity index (χ0) is 21.0. The predicted molar refractivity (Wildman–Crippen MR) is 105 cm³/mol. The molecule has 0 aliphatic carbocycles. The average molecular weight is 427 g/mol. The molecule has 3 heterocycles. The third-order valence-corrected chi connectivity index (χ3v) is 5.61. The molecule has 11 heteroatoms. The van der Waals surface area contributed by atoms with Crippen LogP contribution in [0.3, 0.4) is 0 Å². The summed E-state index contributed by atoms with van der Waals surface area (Å²) in [6, 6.07) is 10.1. The number of nitrogens with one attached hydrogen (secondary N) is 1. The highest BCUT2D eigenvalue weighted by molar-refractivity contribution is 7.90. The van der Waals surface area contributed by atoms with Crippen molar-refractivity contribution in [1.82, 2.24) is 19.8 Å². The van der Waals surface area contributed by atoms with Crippen LogP contribution in [0.25, 0.3) is 11.4 Å². The monoisotopic (exact) mass is 427 g/mol. The van der Waals surface area contributed by atoms with E-state index in [1.165, 1.54) is 6.07 Å². The second-order valence-corrected chi connectivity index (χ2v) is 8.00. The fourth-order valence-corrected chi connectivity index (χ4v) is 4.06. The van der Waals surface area contributed by atoms with E-state index < -0.39 is 16.0 Å². The molecule has 4 rings (SSSR count). The molecule has 0 fully saturated rings. The van der Waals surface area contributed by atoms with E-state index in [1.807, 2.05) is 0 Å². The fourth-order valence-electron chi connectivity index (χ4n) is 2.81. The van der Waals surface area contributed by atoms with E-state index in [-0.39, 0.29) is 36.2 Å². The first-order valence-corrected chi connectivity index (χ1v) is 10.6. The highest BCUT2D eigenvalue weighted by Gasteiger charge is 2.29. The third kappa shape index (κ3) is 4.35. The largest absolute Gasteiger partial charge is 0.456 e. The Kier molecular flexibility index (Phi) is 5.53. The Morgan fingerprint density at radius 3 is 2.90 bits per heavy atom. The molecule has 1 aromatic carbocycles. The molecular formula is C19H17N5O5S. The minimum absolute atomic E-state index is 0.120. The van der Waals surface area contributed by atoms with Crippen molar-refractivity contribution in [2.45, 2.75) is 24.3 Å². The number of esters is 1. The van der Waals surface area contributed by atoms with Crippen LogP contribution < -0.4 is 4.72 Å². The van der Waals surface area contributed by atoms with Crippen molar-refractivity contribution in [3.8, 4) is 11.4 Å². The normalized spacial score (nSPS) is 15.5. The van der Waals surface area contributed by atoms with Crippen molar-refractivity contribution >= 4 is 21.8 Å². The number of fused-ring (bicyclic) bond motifs is 1. The van der Waals surface area contributed by atoms with Gasteiger partial charge in [0.05, 0.1) is 4.90 Å². The van der Waals surface area contributed by atoms with Crippen LogP contribution >= 0.6 is 0 Å². The van der Waals surface area contributed by atoms with Crippen LogP contribution in [0.4, 0.5) is 0 Å². The van der Waals surface area contributed by atoms with Crippen molar-refractivity contribution in [2.24, 2.45) is 4.99 Å². The Hall–Kier alpha value is -3.60. The van der Waals surface area contributed by atoms with Crippen molar-refractivity contribution in [1.29, 1.82) is 0 Å². The van der Waals surface area contributed by atoms with Crippen LogP contribution in [-0.4, -0.2) is 41.9 Å². The summed E-state index contributed by atoms with van der Waals surface area (Å²) in [5.74, 6) is 0.389. The van der Waals surface area contributed by atoms with E-state index in [0.717, 1.165) is 0 Å². The van der Waals surface area contributed by atoms with Gasteiger partial charge in [0.1, 0.15) is 5.84 Å². The first-order valence-electron chi connectivity index (χ1n) is 9.08. The highest BCUT2D eigenvalue weighted by atomic mass is 32.2. The summed E-state index contributed by atoms with van der Waals surface area (Å²) >= 11 is 0. The molecule has 3 aromatic rings. The summed E-state index contributed by atoms with van der Waals surface area (Å²) in [5.41, 5.74) is 1.22. The number of aromatic nitrogens is 3. The number of carbonyl (C=O) groups excluding carboxylic acids is 1. The second kappa shape index (κ2) is 8.41. The zero-order valence-corrected chi connectivity index (χ0v) is 16.5. The van der Waals surface area contributed by atoms with E-state index in [4.69, 9.17) is 9.26 Å².